The first kappa shape index (κ1) is 16.7. The molecule has 3 heterocycles. The van der Waals surface area contributed by atoms with E-state index in [4.69, 9.17) is 9.47 Å². The van der Waals surface area contributed by atoms with Crippen LogP contribution in [-0.2, 0) is 4.74 Å². The van der Waals surface area contributed by atoms with E-state index in [-0.39, 0.29) is 18.2 Å². The predicted octanol–water partition coefficient (Wildman–Crippen LogP) is 3.35. The summed E-state index contributed by atoms with van der Waals surface area (Å²) in [5, 5.41) is 3.14. The Bertz CT molecular complexity index is 612. The van der Waals surface area contributed by atoms with Gasteiger partial charge in [-0.15, -0.1) is 0 Å². The third kappa shape index (κ3) is 3.22. The maximum Gasteiger partial charge on any atom is 0.317 e. The highest BCUT2D eigenvalue weighted by atomic mass is 16.5. The molecule has 1 N–H and O–H groups in total. The van der Waals surface area contributed by atoms with Crippen molar-refractivity contribution in [1.82, 2.24) is 10.2 Å². The van der Waals surface area contributed by atoms with Gasteiger partial charge < -0.3 is 19.7 Å². The Hall–Kier alpha value is -1.75. The maximum absolute atomic E-state index is 12.7. The molecule has 0 radical (unpaired) electrons. The van der Waals surface area contributed by atoms with Gasteiger partial charge in [-0.05, 0) is 51.3 Å². The van der Waals surface area contributed by atoms with Crippen LogP contribution in [0.5, 0.6) is 5.75 Å². The molecule has 1 aromatic rings. The number of hydrogen-bond acceptors (Lipinski definition) is 3. The van der Waals surface area contributed by atoms with E-state index in [1.807, 2.05) is 49.9 Å². The van der Waals surface area contributed by atoms with Crippen molar-refractivity contribution in [3.63, 3.8) is 0 Å². The summed E-state index contributed by atoms with van der Waals surface area (Å²) >= 11 is 0. The molecule has 0 saturated carbocycles. The fraction of sp³-hybridized carbons (Fsp3) is 0.650. The minimum atomic E-state index is -0.0194. The summed E-state index contributed by atoms with van der Waals surface area (Å²) in [6, 6.07) is 8.00. The predicted molar refractivity (Wildman–Crippen MR) is 95.6 cm³/mol. The third-order valence-corrected chi connectivity index (χ3v) is 5.83. The molecule has 3 aliphatic rings. The first-order valence-electron chi connectivity index (χ1n) is 9.49. The number of urea groups is 1. The summed E-state index contributed by atoms with van der Waals surface area (Å²) in [4.78, 5) is 14.6. The fourth-order valence-electron chi connectivity index (χ4n) is 4.59. The van der Waals surface area contributed by atoms with Crippen LogP contribution in [0.1, 0.15) is 45.2 Å². The van der Waals surface area contributed by atoms with E-state index in [0.717, 1.165) is 24.4 Å². The average molecular weight is 344 g/mol. The maximum atomic E-state index is 12.7. The number of hydrogen-bond donors (Lipinski definition) is 1. The van der Waals surface area contributed by atoms with Gasteiger partial charge in [-0.25, -0.2) is 4.79 Å². The number of fused-ring (bicyclic) bond motifs is 5. The Kier molecular flexibility index (Phi) is 4.36. The molecule has 3 fully saturated rings. The van der Waals surface area contributed by atoms with Gasteiger partial charge in [-0.2, -0.15) is 0 Å². The molecule has 2 bridgehead atoms. The third-order valence-electron chi connectivity index (χ3n) is 5.83. The van der Waals surface area contributed by atoms with E-state index >= 15 is 0 Å². The van der Waals surface area contributed by atoms with Crippen LogP contribution in [0, 0.1) is 11.8 Å². The van der Waals surface area contributed by atoms with Crippen LogP contribution in [0.3, 0.4) is 0 Å². The Labute approximate surface area is 149 Å². The summed E-state index contributed by atoms with van der Waals surface area (Å²) in [7, 11) is 0. The first-order chi connectivity index (χ1) is 12.0. The van der Waals surface area contributed by atoms with Crippen LogP contribution >= 0.6 is 0 Å². The van der Waals surface area contributed by atoms with E-state index in [2.05, 4.69) is 5.32 Å². The molecular formula is C20H28N2O3. The molecule has 0 aromatic heterocycles. The Morgan fingerprint density at radius 1 is 1.12 bits per heavy atom. The quantitative estimate of drug-likeness (QED) is 0.911. The van der Waals surface area contributed by atoms with Crippen molar-refractivity contribution in [2.45, 2.75) is 58.0 Å². The van der Waals surface area contributed by atoms with Gasteiger partial charge in [-0.3, -0.25) is 0 Å². The number of rotatable bonds is 4. The van der Waals surface area contributed by atoms with Crippen LogP contribution in [0.2, 0.25) is 0 Å². The molecular weight excluding hydrogens is 316 g/mol. The van der Waals surface area contributed by atoms with E-state index in [1.54, 1.807) is 0 Å². The summed E-state index contributed by atoms with van der Waals surface area (Å²) < 4.78 is 11.7. The van der Waals surface area contributed by atoms with Gasteiger partial charge in [0.25, 0.3) is 0 Å². The lowest BCUT2D eigenvalue weighted by Gasteiger charge is -2.23. The number of carbonyl (C=O) groups is 1. The minimum absolute atomic E-state index is 0.0194. The topological polar surface area (TPSA) is 50.8 Å². The molecule has 2 amide bonds. The van der Waals surface area contributed by atoms with E-state index in [0.29, 0.717) is 24.0 Å². The van der Waals surface area contributed by atoms with Crippen molar-refractivity contribution in [2.75, 3.05) is 13.1 Å². The normalized spacial score (nSPS) is 31.3. The SMILES string of the molecule is CC(C)Oc1ccc(C(C)NC(=O)N2CC3C4CCC(O4)C3C2)cc1. The highest BCUT2D eigenvalue weighted by molar-refractivity contribution is 5.75. The molecule has 25 heavy (non-hydrogen) atoms. The van der Waals surface area contributed by atoms with Crippen molar-refractivity contribution < 1.29 is 14.3 Å². The first-order valence-corrected chi connectivity index (χ1v) is 9.49. The number of benzene rings is 1. The number of likely N-dealkylation sites (tertiary alicyclic amines) is 1. The van der Waals surface area contributed by atoms with Crippen molar-refractivity contribution in [3.8, 4) is 5.75 Å². The van der Waals surface area contributed by atoms with Gasteiger partial charge in [0.2, 0.25) is 0 Å². The van der Waals surface area contributed by atoms with Gasteiger partial charge in [0.15, 0.2) is 0 Å². The van der Waals surface area contributed by atoms with E-state index in [1.165, 1.54) is 12.8 Å². The van der Waals surface area contributed by atoms with Crippen LogP contribution in [-0.4, -0.2) is 42.3 Å². The van der Waals surface area contributed by atoms with Crippen molar-refractivity contribution in [2.24, 2.45) is 11.8 Å². The number of amides is 2. The molecule has 5 heteroatoms. The second-order valence-corrected chi connectivity index (χ2v) is 7.93. The lowest BCUT2D eigenvalue weighted by atomic mass is 9.82. The van der Waals surface area contributed by atoms with Crippen molar-refractivity contribution in [1.29, 1.82) is 0 Å². The molecule has 5 unspecified atom stereocenters. The molecule has 0 spiro atoms. The Morgan fingerprint density at radius 2 is 1.72 bits per heavy atom. The highest BCUT2D eigenvalue weighted by Gasteiger charge is 2.53. The number of nitrogens with one attached hydrogen (secondary N) is 1. The number of nitrogens with zero attached hydrogens (tertiary/aromatic N) is 1. The van der Waals surface area contributed by atoms with Crippen molar-refractivity contribution in [3.05, 3.63) is 29.8 Å². The summed E-state index contributed by atoms with van der Waals surface area (Å²) in [5.41, 5.74) is 1.09. The Morgan fingerprint density at radius 3 is 2.28 bits per heavy atom. The molecule has 136 valence electrons. The van der Waals surface area contributed by atoms with Crippen LogP contribution in [0.4, 0.5) is 4.79 Å². The van der Waals surface area contributed by atoms with E-state index in [9.17, 15) is 4.79 Å². The van der Waals surface area contributed by atoms with Gasteiger partial charge in [0.1, 0.15) is 5.75 Å². The lowest BCUT2D eigenvalue weighted by Crippen LogP contribution is -2.40. The zero-order valence-electron chi connectivity index (χ0n) is 15.3. The number of ether oxygens (including phenoxy) is 2. The van der Waals surface area contributed by atoms with Gasteiger partial charge in [-0.1, -0.05) is 12.1 Å². The van der Waals surface area contributed by atoms with Gasteiger partial charge in [0.05, 0.1) is 24.4 Å². The fourth-order valence-corrected chi connectivity index (χ4v) is 4.59. The van der Waals surface area contributed by atoms with Crippen LogP contribution in [0.15, 0.2) is 24.3 Å². The Balaban J connectivity index is 1.33. The molecule has 1 aromatic carbocycles. The zero-order valence-corrected chi connectivity index (χ0v) is 15.3. The highest BCUT2D eigenvalue weighted by Crippen LogP contribution is 2.47. The second kappa shape index (κ2) is 6.52. The molecule has 3 saturated heterocycles. The minimum Gasteiger partial charge on any atom is -0.491 e. The van der Waals surface area contributed by atoms with Crippen molar-refractivity contribution >= 4 is 6.03 Å². The van der Waals surface area contributed by atoms with Crippen LogP contribution < -0.4 is 10.1 Å². The average Bonchev–Trinajstić information content (AvgIpc) is 3.27. The second-order valence-electron chi connectivity index (χ2n) is 7.93. The largest absolute Gasteiger partial charge is 0.491 e. The van der Waals surface area contributed by atoms with Crippen LogP contribution in [0.25, 0.3) is 0 Å². The summed E-state index contributed by atoms with van der Waals surface area (Å²) in [6.07, 6.45) is 3.28. The zero-order chi connectivity index (χ0) is 17.6. The molecule has 5 nitrogen and oxygen atoms in total. The number of carbonyl (C=O) groups excluding carboxylic acids is 1. The summed E-state index contributed by atoms with van der Waals surface area (Å²) in [6.45, 7) is 7.73. The molecule has 4 rings (SSSR count). The smallest absolute Gasteiger partial charge is 0.317 e. The van der Waals surface area contributed by atoms with Gasteiger partial charge >= 0.3 is 6.03 Å². The monoisotopic (exact) mass is 344 g/mol. The van der Waals surface area contributed by atoms with E-state index < -0.39 is 0 Å². The summed E-state index contributed by atoms with van der Waals surface area (Å²) in [5.74, 6) is 1.96. The molecule has 5 atom stereocenters. The molecule has 0 aliphatic carbocycles. The standard InChI is InChI=1S/C20H28N2O3/c1-12(2)24-15-6-4-14(5-7-15)13(3)21-20(23)22-10-16-17(11-22)19-9-8-18(16)25-19/h4-7,12-13,16-19H,8-11H2,1-3H3,(H,21,23). The molecule has 3 aliphatic heterocycles. The van der Waals surface area contributed by atoms with Gasteiger partial charge in [0, 0.05) is 24.9 Å². The lowest BCUT2D eigenvalue weighted by molar-refractivity contribution is 0.0737.